The van der Waals surface area contributed by atoms with Crippen LogP contribution in [-0.2, 0) is 6.42 Å². The first-order chi connectivity index (χ1) is 20.3. The maximum atomic E-state index is 4.46. The molecule has 3 unspecified atom stereocenters. The number of allylic oxidation sites excluding steroid dienone is 3. The predicted octanol–water partition coefficient (Wildman–Crippen LogP) is 8.51. The van der Waals surface area contributed by atoms with Crippen LogP contribution in [0.3, 0.4) is 0 Å². The van der Waals surface area contributed by atoms with Crippen LogP contribution in [-0.4, -0.2) is 44.2 Å². The topological polar surface area (TPSA) is 39.3 Å². The molecule has 0 amide bonds. The zero-order chi connectivity index (χ0) is 30.9. The number of rotatable bonds is 20. The Kier molecular flexibility index (Phi) is 15.9. The van der Waals surface area contributed by atoms with Crippen LogP contribution in [0, 0.1) is 5.92 Å². The number of nitrogens with one attached hydrogen (secondary N) is 3. The van der Waals surface area contributed by atoms with Crippen molar-refractivity contribution in [3.8, 4) is 0 Å². The van der Waals surface area contributed by atoms with Gasteiger partial charge in [-0.05, 0) is 61.9 Å². The molecule has 3 rings (SSSR count). The van der Waals surface area contributed by atoms with E-state index in [9.17, 15) is 0 Å². The molecule has 0 saturated heterocycles. The summed E-state index contributed by atoms with van der Waals surface area (Å²) >= 11 is 0. The molecule has 0 spiro atoms. The number of hydrogen-bond donors (Lipinski definition) is 3. The molecule has 4 heteroatoms. The Labute approximate surface area is 257 Å². The second kappa shape index (κ2) is 19.0. The van der Waals surface area contributed by atoms with Crippen molar-refractivity contribution >= 4 is 10.8 Å². The Hall–Kier alpha value is -3.24. The third kappa shape index (κ3) is 11.6. The van der Waals surface area contributed by atoms with Crippen LogP contribution in [0.15, 0.2) is 104 Å². The highest BCUT2D eigenvalue weighted by molar-refractivity contribution is 5.85. The minimum absolute atomic E-state index is 0.198. The Morgan fingerprint density at radius 1 is 0.976 bits per heavy atom. The summed E-state index contributed by atoms with van der Waals surface area (Å²) in [5.41, 5.74) is 6.32. The summed E-state index contributed by atoms with van der Waals surface area (Å²) in [6, 6.07) is 15.8. The van der Waals surface area contributed by atoms with E-state index in [1.54, 1.807) is 0 Å². The summed E-state index contributed by atoms with van der Waals surface area (Å²) in [5.74, 6) is 0.567. The van der Waals surface area contributed by atoms with Gasteiger partial charge in [0.2, 0.25) is 0 Å². The van der Waals surface area contributed by atoms with E-state index in [0.29, 0.717) is 12.0 Å². The van der Waals surface area contributed by atoms with Crippen molar-refractivity contribution in [1.29, 1.82) is 0 Å². The number of nitrogens with zero attached hydrogens (tertiary/aromatic N) is 1. The molecule has 42 heavy (non-hydrogen) atoms. The number of benzene rings is 2. The molecule has 2 aromatic rings. The maximum Gasteiger partial charge on any atom is 0.0693 e. The van der Waals surface area contributed by atoms with E-state index >= 15 is 0 Å². The molecule has 230 valence electrons. The van der Waals surface area contributed by atoms with Crippen molar-refractivity contribution < 1.29 is 0 Å². The van der Waals surface area contributed by atoms with Crippen molar-refractivity contribution in [3.63, 3.8) is 0 Å². The first kappa shape index (κ1) is 35.0. The first-order valence-corrected chi connectivity index (χ1v) is 16.0. The monoisotopic (exact) mass is 570 g/mol. The zero-order valence-electron chi connectivity index (χ0n) is 27.3. The van der Waals surface area contributed by atoms with Gasteiger partial charge in [0.05, 0.1) is 6.04 Å². The van der Waals surface area contributed by atoms with Gasteiger partial charge >= 0.3 is 0 Å². The van der Waals surface area contributed by atoms with Crippen LogP contribution < -0.4 is 16.0 Å². The van der Waals surface area contributed by atoms with Gasteiger partial charge < -0.3 is 20.9 Å². The van der Waals surface area contributed by atoms with E-state index in [1.165, 1.54) is 53.3 Å². The van der Waals surface area contributed by atoms with Gasteiger partial charge in [-0.2, -0.15) is 0 Å². The van der Waals surface area contributed by atoms with Crippen LogP contribution in [0.2, 0.25) is 0 Å². The third-order valence-electron chi connectivity index (χ3n) is 8.22. The van der Waals surface area contributed by atoms with Crippen LogP contribution in [0.5, 0.6) is 0 Å². The van der Waals surface area contributed by atoms with E-state index in [0.717, 1.165) is 50.2 Å². The van der Waals surface area contributed by atoms with Crippen LogP contribution in [0.1, 0.15) is 71.3 Å². The van der Waals surface area contributed by atoms with E-state index in [-0.39, 0.29) is 6.04 Å². The first-order valence-electron chi connectivity index (χ1n) is 16.0. The van der Waals surface area contributed by atoms with Gasteiger partial charge in [-0.25, -0.2) is 0 Å². The smallest absolute Gasteiger partial charge is 0.0693 e. The average Bonchev–Trinajstić information content (AvgIpc) is 3.71. The predicted molar refractivity (Wildman–Crippen MR) is 187 cm³/mol. The van der Waals surface area contributed by atoms with E-state index < -0.39 is 0 Å². The molecule has 0 radical (unpaired) electrons. The SMILES string of the molecule is C=C(CC)CCCCCC(NC)C(=C)NC.C=CCN(CCC)C(=C)C(Cc1cccc2ccccc12)NC1=CC1C. The molecule has 0 aliphatic heterocycles. The molecule has 0 heterocycles. The normalized spacial score (nSPS) is 15.0. The Bertz CT molecular complexity index is 1170. The maximum absolute atomic E-state index is 4.46. The van der Waals surface area contributed by atoms with Crippen LogP contribution >= 0.6 is 0 Å². The summed E-state index contributed by atoms with van der Waals surface area (Å²) < 4.78 is 0. The minimum atomic E-state index is 0.198. The molecule has 0 saturated carbocycles. The van der Waals surface area contributed by atoms with Gasteiger partial charge in [-0.3, -0.25) is 0 Å². The van der Waals surface area contributed by atoms with Crippen molar-refractivity contribution in [1.82, 2.24) is 20.9 Å². The highest BCUT2D eigenvalue weighted by atomic mass is 15.2. The fraction of sp³-hybridized carbons (Fsp3) is 0.474. The molecule has 0 bridgehead atoms. The lowest BCUT2D eigenvalue weighted by Crippen LogP contribution is -2.39. The number of hydrogen-bond acceptors (Lipinski definition) is 4. The summed E-state index contributed by atoms with van der Waals surface area (Å²) in [4.78, 5) is 2.35. The summed E-state index contributed by atoms with van der Waals surface area (Å²) in [6.45, 7) is 24.9. The lowest BCUT2D eigenvalue weighted by Gasteiger charge is -2.32. The van der Waals surface area contributed by atoms with Gasteiger partial charge in [-0.1, -0.05) is 114 Å². The standard InChI is InChI=1S/C24H30N2.C14H28N2/c1-5-14-26(15-6-2)19(4)24(25-23-16-18(23)3)17-21-12-9-11-20-10-7-8-13-22(20)21;1-6-12(2)10-8-7-9-11-14(16-5)13(3)15-4/h5,7-13,16,18,24-25H,1,4,6,14-15,17H2,2-3H3;14-16H,2-3,6-11H2,1,4-5H3. The average molecular weight is 571 g/mol. The zero-order valence-corrected chi connectivity index (χ0v) is 27.3. The molecule has 2 aromatic carbocycles. The van der Waals surface area contributed by atoms with Crippen LogP contribution in [0.4, 0.5) is 0 Å². The van der Waals surface area contributed by atoms with Crippen molar-refractivity contribution in [2.75, 3.05) is 27.2 Å². The van der Waals surface area contributed by atoms with Gasteiger partial charge in [0.1, 0.15) is 0 Å². The number of fused-ring (bicyclic) bond motifs is 1. The van der Waals surface area contributed by atoms with Gasteiger partial charge in [0, 0.05) is 49.2 Å². The van der Waals surface area contributed by atoms with E-state index in [4.69, 9.17) is 0 Å². The molecule has 3 atom stereocenters. The quantitative estimate of drug-likeness (QED) is 0.110. The minimum Gasteiger partial charge on any atom is -0.391 e. The van der Waals surface area contributed by atoms with Gasteiger partial charge in [0.15, 0.2) is 0 Å². The Balaban J connectivity index is 0.000000334. The van der Waals surface area contributed by atoms with E-state index in [1.807, 2.05) is 20.2 Å². The summed E-state index contributed by atoms with van der Waals surface area (Å²) in [6.07, 6.45) is 13.6. The molecule has 0 aromatic heterocycles. The second-order valence-electron chi connectivity index (χ2n) is 11.5. The lowest BCUT2D eigenvalue weighted by molar-refractivity contribution is 0.342. The molecule has 0 fully saturated rings. The van der Waals surface area contributed by atoms with Crippen molar-refractivity contribution in [2.24, 2.45) is 5.92 Å². The number of unbranched alkanes of at least 4 members (excludes halogenated alkanes) is 2. The van der Waals surface area contributed by atoms with Crippen molar-refractivity contribution in [2.45, 2.75) is 84.2 Å². The molecule has 4 nitrogen and oxygen atoms in total. The highest BCUT2D eigenvalue weighted by Gasteiger charge is 2.26. The Morgan fingerprint density at radius 3 is 2.31 bits per heavy atom. The summed E-state index contributed by atoms with van der Waals surface area (Å²) in [7, 11) is 3.92. The largest absolute Gasteiger partial charge is 0.391 e. The third-order valence-corrected chi connectivity index (χ3v) is 8.22. The van der Waals surface area contributed by atoms with Gasteiger partial charge in [-0.15, -0.1) is 6.58 Å². The van der Waals surface area contributed by atoms with E-state index in [2.05, 4.69) is 116 Å². The summed E-state index contributed by atoms with van der Waals surface area (Å²) in [5, 5.41) is 12.8. The highest BCUT2D eigenvalue weighted by Crippen LogP contribution is 2.28. The fourth-order valence-corrected chi connectivity index (χ4v) is 5.29. The number of likely N-dealkylation sites (N-methyl/N-ethyl adjacent to an activating group) is 2. The fourth-order valence-electron chi connectivity index (χ4n) is 5.29. The molecular weight excluding hydrogens is 512 g/mol. The van der Waals surface area contributed by atoms with Crippen LogP contribution in [0.25, 0.3) is 10.8 Å². The molecular formula is C38H58N4. The molecule has 1 aliphatic carbocycles. The molecule has 3 N–H and O–H groups in total. The Morgan fingerprint density at radius 2 is 1.69 bits per heavy atom. The van der Waals surface area contributed by atoms with Crippen molar-refractivity contribution in [3.05, 3.63) is 109 Å². The lowest BCUT2D eigenvalue weighted by atomic mass is 9.97. The van der Waals surface area contributed by atoms with Gasteiger partial charge in [0.25, 0.3) is 0 Å². The second-order valence-corrected chi connectivity index (χ2v) is 11.5. The molecule has 1 aliphatic rings.